The van der Waals surface area contributed by atoms with Crippen LogP contribution in [0.5, 0.6) is 11.5 Å². The number of rotatable bonds is 4. The third-order valence-corrected chi connectivity index (χ3v) is 3.27. The van der Waals surface area contributed by atoms with Gasteiger partial charge in [-0.15, -0.1) is 0 Å². The molecule has 0 saturated carbocycles. The van der Waals surface area contributed by atoms with Crippen molar-refractivity contribution in [1.82, 2.24) is 0 Å². The molecule has 6 heteroatoms. The van der Waals surface area contributed by atoms with Crippen LogP contribution in [0.15, 0.2) is 48.5 Å². The van der Waals surface area contributed by atoms with E-state index in [0.717, 1.165) is 0 Å². The van der Waals surface area contributed by atoms with Crippen LogP contribution in [0.2, 0.25) is 10.0 Å². The summed E-state index contributed by atoms with van der Waals surface area (Å²) in [7, 11) is -2.69. The third kappa shape index (κ3) is 3.95. The van der Waals surface area contributed by atoms with Gasteiger partial charge in [0.1, 0.15) is 11.5 Å². The fourth-order valence-electron chi connectivity index (χ4n) is 1.27. The Labute approximate surface area is 115 Å². The van der Waals surface area contributed by atoms with Crippen molar-refractivity contribution in [3.63, 3.8) is 0 Å². The van der Waals surface area contributed by atoms with E-state index >= 15 is 0 Å². The topological polar surface area (TPSA) is 35.5 Å². The van der Waals surface area contributed by atoms with Crippen molar-refractivity contribution < 1.29 is 13.6 Å². The Morgan fingerprint density at radius 2 is 1.28 bits per heavy atom. The van der Waals surface area contributed by atoms with E-state index in [0.29, 0.717) is 21.5 Å². The van der Waals surface area contributed by atoms with Crippen molar-refractivity contribution >= 4 is 31.5 Å². The lowest BCUT2D eigenvalue weighted by molar-refractivity contribution is 0.415. The summed E-state index contributed by atoms with van der Waals surface area (Å²) < 4.78 is 21.9. The van der Waals surface area contributed by atoms with Crippen LogP contribution in [-0.4, -0.2) is 0 Å². The second-order valence-corrected chi connectivity index (χ2v) is 5.15. The SMILES string of the molecule is O=[PH](Oc1cccc(Cl)c1)Oc1cccc(Cl)c1. The van der Waals surface area contributed by atoms with Gasteiger partial charge in [-0.05, 0) is 36.4 Å². The predicted octanol–water partition coefficient (Wildman–Crippen LogP) is 4.84. The lowest BCUT2D eigenvalue weighted by Gasteiger charge is -2.08. The van der Waals surface area contributed by atoms with E-state index in [1.54, 1.807) is 48.5 Å². The molecule has 2 aromatic rings. The number of hydrogen-bond donors (Lipinski definition) is 0. The normalized spacial score (nSPS) is 10.4. The van der Waals surface area contributed by atoms with Gasteiger partial charge in [-0.1, -0.05) is 35.3 Å². The zero-order chi connectivity index (χ0) is 13.0. The van der Waals surface area contributed by atoms with Crippen LogP contribution < -0.4 is 9.05 Å². The molecule has 0 unspecified atom stereocenters. The molecule has 94 valence electrons. The highest BCUT2D eigenvalue weighted by atomic mass is 35.5. The summed E-state index contributed by atoms with van der Waals surface area (Å²) in [6.07, 6.45) is 0. The average Bonchev–Trinajstić information content (AvgIpc) is 2.28. The summed E-state index contributed by atoms with van der Waals surface area (Å²) >= 11 is 11.6. The quantitative estimate of drug-likeness (QED) is 0.758. The van der Waals surface area contributed by atoms with Gasteiger partial charge in [-0.25, -0.2) is 4.57 Å². The molecule has 0 spiro atoms. The highest BCUT2D eigenvalue weighted by Gasteiger charge is 2.05. The van der Waals surface area contributed by atoms with Crippen molar-refractivity contribution in [2.75, 3.05) is 0 Å². The van der Waals surface area contributed by atoms with E-state index in [1.807, 2.05) is 0 Å². The summed E-state index contributed by atoms with van der Waals surface area (Å²) in [6, 6.07) is 13.2. The average molecular weight is 303 g/mol. The first-order valence-electron chi connectivity index (χ1n) is 5.04. The van der Waals surface area contributed by atoms with Crippen LogP contribution in [-0.2, 0) is 4.57 Å². The van der Waals surface area contributed by atoms with Gasteiger partial charge in [-0.3, -0.25) is 0 Å². The van der Waals surface area contributed by atoms with Gasteiger partial charge in [0.05, 0.1) is 0 Å². The molecule has 18 heavy (non-hydrogen) atoms. The molecule has 0 aromatic heterocycles. The first kappa shape index (κ1) is 13.3. The molecule has 2 rings (SSSR count). The van der Waals surface area contributed by atoms with Gasteiger partial charge in [0.2, 0.25) is 0 Å². The smallest absolute Gasteiger partial charge is 0.418 e. The molecule has 0 N–H and O–H groups in total. The first-order valence-corrected chi connectivity index (χ1v) is 7.02. The number of halogens is 2. The van der Waals surface area contributed by atoms with Crippen molar-refractivity contribution in [3.8, 4) is 11.5 Å². The Bertz CT molecular complexity index is 525. The summed E-state index contributed by atoms with van der Waals surface area (Å²) in [5.74, 6) is 0.793. The maximum absolute atomic E-state index is 11.7. The number of hydrogen-bond acceptors (Lipinski definition) is 3. The maximum Gasteiger partial charge on any atom is 0.418 e. The zero-order valence-electron chi connectivity index (χ0n) is 9.10. The Morgan fingerprint density at radius 3 is 1.67 bits per heavy atom. The van der Waals surface area contributed by atoms with Crippen molar-refractivity contribution in [3.05, 3.63) is 58.6 Å². The molecule has 2 aromatic carbocycles. The van der Waals surface area contributed by atoms with Crippen LogP contribution in [0.1, 0.15) is 0 Å². The molecule has 0 radical (unpaired) electrons. The first-order chi connectivity index (χ1) is 8.63. The van der Waals surface area contributed by atoms with E-state index in [9.17, 15) is 4.57 Å². The fourth-order valence-corrected chi connectivity index (χ4v) is 2.32. The largest absolute Gasteiger partial charge is 0.418 e. The lowest BCUT2D eigenvalue weighted by atomic mass is 10.3. The van der Waals surface area contributed by atoms with Gasteiger partial charge in [0.15, 0.2) is 0 Å². The molecule has 0 fully saturated rings. The highest BCUT2D eigenvalue weighted by Crippen LogP contribution is 2.32. The Kier molecular flexibility index (Phi) is 4.54. The Balaban J connectivity index is 2.01. The predicted molar refractivity (Wildman–Crippen MR) is 73.2 cm³/mol. The van der Waals surface area contributed by atoms with Crippen molar-refractivity contribution in [1.29, 1.82) is 0 Å². The molecule has 0 aliphatic carbocycles. The monoisotopic (exact) mass is 302 g/mol. The Morgan fingerprint density at radius 1 is 0.833 bits per heavy atom. The zero-order valence-corrected chi connectivity index (χ0v) is 11.6. The molecule has 0 saturated heterocycles. The van der Waals surface area contributed by atoms with E-state index in [-0.39, 0.29) is 0 Å². The van der Waals surface area contributed by atoms with Crippen LogP contribution >= 0.6 is 31.5 Å². The number of benzene rings is 2. The summed E-state index contributed by atoms with van der Waals surface area (Å²) in [5, 5.41) is 1.01. The maximum atomic E-state index is 11.7. The molecule has 0 bridgehead atoms. The van der Waals surface area contributed by atoms with Gasteiger partial charge in [0.25, 0.3) is 0 Å². The van der Waals surface area contributed by atoms with Crippen molar-refractivity contribution in [2.24, 2.45) is 0 Å². The molecule has 3 nitrogen and oxygen atoms in total. The van der Waals surface area contributed by atoms with E-state index in [2.05, 4.69) is 0 Å². The second kappa shape index (κ2) is 6.14. The summed E-state index contributed by atoms with van der Waals surface area (Å²) in [5.41, 5.74) is 0. The summed E-state index contributed by atoms with van der Waals surface area (Å²) in [6.45, 7) is 0. The van der Waals surface area contributed by atoms with Crippen molar-refractivity contribution in [2.45, 2.75) is 0 Å². The molecular formula is C12H9Cl2O3P. The third-order valence-electron chi connectivity index (χ3n) is 1.99. The second-order valence-electron chi connectivity index (χ2n) is 3.37. The minimum absolute atomic E-state index is 0.397. The van der Waals surface area contributed by atoms with Crippen LogP contribution in [0.25, 0.3) is 0 Å². The minimum atomic E-state index is -2.69. The molecule has 0 atom stereocenters. The van der Waals surface area contributed by atoms with E-state index in [4.69, 9.17) is 32.2 Å². The molecule has 0 amide bonds. The Hall–Kier alpha value is -1.15. The van der Waals surface area contributed by atoms with Gasteiger partial charge in [0, 0.05) is 10.0 Å². The minimum Gasteiger partial charge on any atom is -0.418 e. The molecule has 0 heterocycles. The van der Waals surface area contributed by atoms with Crippen LogP contribution in [0.3, 0.4) is 0 Å². The van der Waals surface area contributed by atoms with Gasteiger partial charge >= 0.3 is 8.25 Å². The van der Waals surface area contributed by atoms with Gasteiger partial charge in [-0.2, -0.15) is 0 Å². The standard InChI is InChI=1S/C12H9Cl2O3P/c13-9-3-1-5-11(7-9)16-18(15)17-12-6-2-4-10(14)8-12/h1-8,18H. The lowest BCUT2D eigenvalue weighted by Crippen LogP contribution is -1.88. The highest BCUT2D eigenvalue weighted by molar-refractivity contribution is 7.34. The van der Waals surface area contributed by atoms with E-state index in [1.165, 1.54) is 0 Å². The summed E-state index contributed by atoms with van der Waals surface area (Å²) in [4.78, 5) is 0. The molecule has 0 aliphatic rings. The van der Waals surface area contributed by atoms with E-state index < -0.39 is 8.25 Å². The molecule has 0 aliphatic heterocycles. The van der Waals surface area contributed by atoms with Crippen LogP contribution in [0, 0.1) is 0 Å². The fraction of sp³-hybridized carbons (Fsp3) is 0. The van der Waals surface area contributed by atoms with Crippen LogP contribution in [0.4, 0.5) is 0 Å². The molecular weight excluding hydrogens is 294 g/mol. The van der Waals surface area contributed by atoms with Gasteiger partial charge < -0.3 is 9.05 Å².